The fourth-order valence-corrected chi connectivity index (χ4v) is 8.21. The van der Waals surface area contributed by atoms with Crippen LogP contribution in [0, 0.1) is 13.8 Å². The predicted molar refractivity (Wildman–Crippen MR) is 240 cm³/mol. The lowest BCUT2D eigenvalue weighted by atomic mass is 9.89. The molecule has 266 valence electrons. The average molecular weight is 717 g/mol. The molecule has 10 aromatic rings. The Balaban J connectivity index is 0.978. The zero-order valence-corrected chi connectivity index (χ0v) is 31.5. The van der Waals surface area contributed by atoms with Gasteiger partial charge >= 0.3 is 0 Å². The summed E-state index contributed by atoms with van der Waals surface area (Å²) in [4.78, 5) is 4.63. The maximum atomic E-state index is 2.35. The van der Waals surface area contributed by atoms with Crippen molar-refractivity contribution in [1.29, 1.82) is 0 Å². The Morgan fingerprint density at radius 1 is 0.250 bits per heavy atom. The van der Waals surface area contributed by atoms with E-state index in [1.807, 2.05) is 0 Å². The first-order valence-electron chi connectivity index (χ1n) is 19.3. The number of rotatable bonds is 8. The van der Waals surface area contributed by atoms with Crippen LogP contribution in [0.2, 0.25) is 0 Å². The fourth-order valence-electron chi connectivity index (χ4n) is 8.21. The number of hydrogen-bond acceptors (Lipinski definition) is 2. The second kappa shape index (κ2) is 13.9. The van der Waals surface area contributed by atoms with Crippen LogP contribution in [-0.4, -0.2) is 0 Å². The van der Waals surface area contributed by atoms with Gasteiger partial charge in [-0.15, -0.1) is 0 Å². The van der Waals surface area contributed by atoms with Crippen LogP contribution in [0.3, 0.4) is 0 Å². The SMILES string of the molecule is Cc1ccc(N(c2ccccc2)c2ccc(-c3cc4ccc5cc(-c6ccc(N(c7ccccc7)c7ccc(C)cc7)cc6)cc6ccc(c3)c4c56)cc2)cc1. The van der Waals surface area contributed by atoms with Crippen LogP contribution in [0.15, 0.2) is 206 Å². The number of hydrogen-bond donors (Lipinski definition) is 0. The molecule has 0 amide bonds. The molecular weight excluding hydrogens is 677 g/mol. The molecule has 0 aliphatic rings. The fraction of sp³-hybridized carbons (Fsp3) is 0.0370. The van der Waals surface area contributed by atoms with Crippen LogP contribution in [0.5, 0.6) is 0 Å². The van der Waals surface area contributed by atoms with Crippen LogP contribution in [-0.2, 0) is 0 Å². The topological polar surface area (TPSA) is 6.48 Å². The van der Waals surface area contributed by atoms with Crippen molar-refractivity contribution in [3.8, 4) is 22.3 Å². The molecule has 0 spiro atoms. The lowest BCUT2D eigenvalue weighted by Crippen LogP contribution is -2.09. The van der Waals surface area contributed by atoms with Crippen molar-refractivity contribution in [3.63, 3.8) is 0 Å². The van der Waals surface area contributed by atoms with Gasteiger partial charge in [0.05, 0.1) is 0 Å². The van der Waals surface area contributed by atoms with Crippen molar-refractivity contribution in [3.05, 3.63) is 217 Å². The second-order valence-electron chi connectivity index (χ2n) is 14.8. The van der Waals surface area contributed by atoms with E-state index in [0.717, 1.165) is 34.1 Å². The van der Waals surface area contributed by atoms with Gasteiger partial charge in [0, 0.05) is 34.1 Å². The number of aryl methyl sites for hydroxylation is 2. The van der Waals surface area contributed by atoms with Gasteiger partial charge in [-0.25, -0.2) is 0 Å². The van der Waals surface area contributed by atoms with Gasteiger partial charge in [-0.3, -0.25) is 0 Å². The molecule has 0 bridgehead atoms. The van der Waals surface area contributed by atoms with Crippen LogP contribution in [0.4, 0.5) is 34.1 Å². The first kappa shape index (κ1) is 33.4. The van der Waals surface area contributed by atoms with Gasteiger partial charge in [0.1, 0.15) is 0 Å². The summed E-state index contributed by atoms with van der Waals surface area (Å²) in [6, 6.07) is 75.2. The molecule has 0 aliphatic carbocycles. The van der Waals surface area contributed by atoms with Gasteiger partial charge in [0.15, 0.2) is 0 Å². The number of benzene rings is 10. The summed E-state index contributed by atoms with van der Waals surface area (Å²) >= 11 is 0. The summed E-state index contributed by atoms with van der Waals surface area (Å²) < 4.78 is 0. The summed E-state index contributed by atoms with van der Waals surface area (Å²) in [5.74, 6) is 0. The van der Waals surface area contributed by atoms with E-state index in [9.17, 15) is 0 Å². The molecule has 0 radical (unpaired) electrons. The quantitative estimate of drug-likeness (QED) is 0.144. The first-order valence-corrected chi connectivity index (χ1v) is 19.3. The molecule has 0 N–H and O–H groups in total. The Hall–Kier alpha value is -7.16. The maximum absolute atomic E-state index is 2.35. The molecule has 0 heterocycles. The smallest absolute Gasteiger partial charge is 0.0462 e. The van der Waals surface area contributed by atoms with Crippen molar-refractivity contribution in [1.82, 2.24) is 0 Å². The van der Waals surface area contributed by atoms with E-state index in [-0.39, 0.29) is 0 Å². The number of nitrogens with zero attached hydrogens (tertiary/aromatic N) is 2. The Kier molecular flexibility index (Phi) is 8.30. The van der Waals surface area contributed by atoms with Crippen LogP contribution in [0.1, 0.15) is 11.1 Å². The number of para-hydroxylation sites is 2. The Morgan fingerprint density at radius 3 is 0.821 bits per heavy atom. The molecule has 0 saturated heterocycles. The Bertz CT molecular complexity index is 2660. The van der Waals surface area contributed by atoms with E-state index >= 15 is 0 Å². The highest BCUT2D eigenvalue weighted by Gasteiger charge is 2.16. The van der Waals surface area contributed by atoms with Crippen molar-refractivity contribution >= 4 is 66.4 Å². The highest BCUT2D eigenvalue weighted by Crippen LogP contribution is 2.42. The molecule has 2 nitrogen and oxygen atoms in total. The van der Waals surface area contributed by atoms with Crippen molar-refractivity contribution in [2.75, 3.05) is 9.80 Å². The average Bonchev–Trinajstić information content (AvgIpc) is 3.25. The largest absolute Gasteiger partial charge is 0.311 e. The lowest BCUT2D eigenvalue weighted by Gasteiger charge is -2.26. The molecule has 0 fully saturated rings. The summed E-state index contributed by atoms with van der Waals surface area (Å²) in [6.45, 7) is 4.26. The van der Waals surface area contributed by atoms with Gasteiger partial charge in [0.2, 0.25) is 0 Å². The molecular formula is C54H40N2. The van der Waals surface area contributed by atoms with Gasteiger partial charge in [-0.1, -0.05) is 120 Å². The highest BCUT2D eigenvalue weighted by atomic mass is 15.1. The molecule has 10 aromatic carbocycles. The third kappa shape index (κ3) is 6.12. The third-order valence-corrected chi connectivity index (χ3v) is 11.1. The second-order valence-corrected chi connectivity index (χ2v) is 14.8. The van der Waals surface area contributed by atoms with Crippen molar-refractivity contribution < 1.29 is 0 Å². The van der Waals surface area contributed by atoms with Crippen LogP contribution in [0.25, 0.3) is 54.6 Å². The van der Waals surface area contributed by atoms with E-state index < -0.39 is 0 Å². The first-order chi connectivity index (χ1) is 27.6. The van der Waals surface area contributed by atoms with Crippen molar-refractivity contribution in [2.45, 2.75) is 13.8 Å². The third-order valence-electron chi connectivity index (χ3n) is 11.1. The van der Waals surface area contributed by atoms with Gasteiger partial charge in [-0.05, 0) is 165 Å². The normalized spacial score (nSPS) is 11.4. The molecule has 0 atom stereocenters. The Labute approximate surface area is 328 Å². The van der Waals surface area contributed by atoms with Gasteiger partial charge in [-0.2, -0.15) is 0 Å². The molecule has 2 heteroatoms. The van der Waals surface area contributed by atoms with E-state index in [1.165, 1.54) is 65.7 Å². The molecule has 0 aliphatic heterocycles. The molecule has 0 saturated carbocycles. The molecule has 0 unspecified atom stereocenters. The minimum atomic E-state index is 1.13. The van der Waals surface area contributed by atoms with Gasteiger partial charge < -0.3 is 9.80 Å². The Morgan fingerprint density at radius 2 is 0.518 bits per heavy atom. The monoisotopic (exact) mass is 716 g/mol. The van der Waals surface area contributed by atoms with Crippen LogP contribution < -0.4 is 9.80 Å². The van der Waals surface area contributed by atoms with Gasteiger partial charge in [0.25, 0.3) is 0 Å². The zero-order valence-electron chi connectivity index (χ0n) is 31.5. The molecule has 0 aromatic heterocycles. The standard InChI is InChI=1S/C54H40N2/c1-37-13-25-49(26-14-37)55(47-9-5-3-6-10-47)51-29-21-39(22-30-51)45-33-41-17-19-43-35-46(36-44-20-18-42(34-45)53(41)54(43)44)40-23-31-52(32-24-40)56(48-11-7-4-8-12-48)50-27-15-38(2)16-28-50/h3-36H,1-2H3. The van der Waals surface area contributed by atoms with Crippen molar-refractivity contribution in [2.24, 2.45) is 0 Å². The summed E-state index contributed by atoms with van der Waals surface area (Å²) in [7, 11) is 0. The lowest BCUT2D eigenvalue weighted by molar-refractivity contribution is 1.27. The minimum absolute atomic E-state index is 1.13. The minimum Gasteiger partial charge on any atom is -0.311 e. The summed E-state index contributed by atoms with van der Waals surface area (Å²) in [5, 5.41) is 7.71. The molecule has 10 rings (SSSR count). The summed E-state index contributed by atoms with van der Waals surface area (Å²) in [6.07, 6.45) is 0. The predicted octanol–water partition coefficient (Wildman–Crippen LogP) is 15.5. The summed E-state index contributed by atoms with van der Waals surface area (Å²) in [5.41, 5.74) is 14.2. The number of anilines is 6. The van der Waals surface area contributed by atoms with E-state index in [2.05, 4.69) is 230 Å². The molecule has 56 heavy (non-hydrogen) atoms. The maximum Gasteiger partial charge on any atom is 0.0462 e. The van der Waals surface area contributed by atoms with Crippen LogP contribution >= 0.6 is 0 Å². The highest BCUT2D eigenvalue weighted by molar-refractivity contribution is 6.24. The van der Waals surface area contributed by atoms with E-state index in [0.29, 0.717) is 0 Å². The van der Waals surface area contributed by atoms with E-state index in [4.69, 9.17) is 0 Å². The van der Waals surface area contributed by atoms with E-state index in [1.54, 1.807) is 0 Å². The zero-order chi connectivity index (χ0) is 37.6.